The molecule has 4 heteroatoms. The van der Waals surface area contributed by atoms with Gasteiger partial charge in [0.25, 0.3) is 0 Å². The maximum atomic E-state index is 11.8. The number of aromatic amines is 1. The maximum Gasteiger partial charge on any atom is 0.189 e. The molecule has 0 aliphatic heterocycles. The normalized spacial score (nSPS) is 10.9. The molecule has 0 aliphatic rings. The minimum absolute atomic E-state index is 0.00872. The Morgan fingerprint density at radius 2 is 2.06 bits per heavy atom. The fraction of sp³-hybridized carbons (Fsp3) is 0.308. The Bertz CT molecular complexity index is 577. The van der Waals surface area contributed by atoms with E-state index in [2.05, 4.69) is 4.98 Å². The number of hydrogen-bond donors (Lipinski definition) is 2. The molecule has 0 bridgehead atoms. The Morgan fingerprint density at radius 3 is 2.82 bits per heavy atom. The lowest BCUT2D eigenvalue weighted by atomic mass is 10.1. The molecule has 0 saturated heterocycles. The van der Waals surface area contributed by atoms with Gasteiger partial charge >= 0.3 is 0 Å². The van der Waals surface area contributed by atoms with Crippen molar-refractivity contribution in [2.45, 2.75) is 19.3 Å². The highest BCUT2D eigenvalue weighted by Crippen LogP contribution is 2.15. The summed E-state index contributed by atoms with van der Waals surface area (Å²) in [5.41, 5.74) is 1.66. The predicted octanol–water partition coefficient (Wildman–Crippen LogP) is 2.50. The van der Waals surface area contributed by atoms with Crippen LogP contribution in [0.2, 0.25) is 5.02 Å². The summed E-state index contributed by atoms with van der Waals surface area (Å²) in [6, 6.07) is 6.82. The number of fused-ring (bicyclic) bond motifs is 1. The van der Waals surface area contributed by atoms with Gasteiger partial charge in [-0.25, -0.2) is 0 Å². The summed E-state index contributed by atoms with van der Waals surface area (Å²) >= 11 is 5.90. The molecule has 90 valence electrons. The predicted molar refractivity (Wildman–Crippen MR) is 69.6 cm³/mol. The summed E-state index contributed by atoms with van der Waals surface area (Å²) in [5, 5.41) is 9.98. The number of halogens is 1. The molecule has 0 unspecified atom stereocenters. The lowest BCUT2D eigenvalue weighted by molar-refractivity contribution is 0.284. The fourth-order valence-corrected chi connectivity index (χ4v) is 2.01. The van der Waals surface area contributed by atoms with Crippen LogP contribution in [0, 0.1) is 0 Å². The zero-order valence-electron chi connectivity index (χ0n) is 9.37. The van der Waals surface area contributed by atoms with Gasteiger partial charge in [0.15, 0.2) is 5.43 Å². The molecule has 3 nitrogen and oxygen atoms in total. The first-order valence-electron chi connectivity index (χ1n) is 5.63. The molecule has 0 saturated carbocycles. The van der Waals surface area contributed by atoms with Gasteiger partial charge in [0.2, 0.25) is 0 Å². The number of rotatable bonds is 4. The summed E-state index contributed by atoms with van der Waals surface area (Å²) in [6.45, 7) is 0.184. The van der Waals surface area contributed by atoms with Crippen LogP contribution in [-0.2, 0) is 6.42 Å². The highest BCUT2D eigenvalue weighted by molar-refractivity contribution is 6.31. The van der Waals surface area contributed by atoms with Gasteiger partial charge in [0.1, 0.15) is 0 Å². The van der Waals surface area contributed by atoms with Crippen LogP contribution >= 0.6 is 11.6 Å². The molecule has 1 aromatic heterocycles. The summed E-state index contributed by atoms with van der Waals surface area (Å²) in [4.78, 5) is 15.0. The highest BCUT2D eigenvalue weighted by atomic mass is 35.5. The van der Waals surface area contributed by atoms with Gasteiger partial charge in [-0.15, -0.1) is 0 Å². The molecule has 1 heterocycles. The third-order valence-corrected chi connectivity index (χ3v) is 2.94. The number of aliphatic hydroxyl groups excluding tert-OH is 1. The van der Waals surface area contributed by atoms with Crippen molar-refractivity contribution in [2.75, 3.05) is 6.61 Å². The van der Waals surface area contributed by atoms with E-state index in [-0.39, 0.29) is 12.0 Å². The number of aromatic nitrogens is 1. The van der Waals surface area contributed by atoms with E-state index in [1.165, 1.54) is 0 Å². The fourth-order valence-electron chi connectivity index (χ4n) is 1.84. The number of hydrogen-bond acceptors (Lipinski definition) is 2. The molecule has 1 aromatic carbocycles. The van der Waals surface area contributed by atoms with Crippen LogP contribution in [0.4, 0.5) is 0 Å². The number of benzene rings is 1. The second-order valence-corrected chi connectivity index (χ2v) is 4.47. The Labute approximate surface area is 104 Å². The van der Waals surface area contributed by atoms with Crippen LogP contribution in [0.5, 0.6) is 0 Å². The molecular formula is C13H14ClNO2. The second-order valence-electron chi connectivity index (χ2n) is 4.03. The van der Waals surface area contributed by atoms with Crippen LogP contribution in [0.3, 0.4) is 0 Å². The van der Waals surface area contributed by atoms with Crippen molar-refractivity contribution in [1.82, 2.24) is 4.98 Å². The van der Waals surface area contributed by atoms with Gasteiger partial charge in [-0.05, 0) is 37.5 Å². The molecule has 2 N–H and O–H groups in total. The monoisotopic (exact) mass is 251 g/mol. The van der Waals surface area contributed by atoms with Crippen LogP contribution in [-0.4, -0.2) is 16.7 Å². The van der Waals surface area contributed by atoms with Gasteiger partial charge in [-0.3, -0.25) is 4.79 Å². The average molecular weight is 252 g/mol. The Kier molecular flexibility index (Phi) is 3.82. The average Bonchev–Trinajstić information content (AvgIpc) is 2.28. The summed E-state index contributed by atoms with van der Waals surface area (Å²) in [6.07, 6.45) is 2.37. The highest BCUT2D eigenvalue weighted by Gasteiger charge is 2.02. The molecule has 17 heavy (non-hydrogen) atoms. The van der Waals surface area contributed by atoms with Crippen LogP contribution in [0.1, 0.15) is 18.5 Å². The number of H-pyrrole nitrogens is 1. The lowest BCUT2D eigenvalue weighted by Crippen LogP contribution is -2.05. The number of pyridine rings is 1. The zero-order valence-corrected chi connectivity index (χ0v) is 10.1. The molecule has 0 fully saturated rings. The van der Waals surface area contributed by atoms with Crippen molar-refractivity contribution in [3.8, 4) is 0 Å². The van der Waals surface area contributed by atoms with Crippen molar-refractivity contribution in [1.29, 1.82) is 0 Å². The summed E-state index contributed by atoms with van der Waals surface area (Å²) in [5.74, 6) is 0. The zero-order chi connectivity index (χ0) is 12.3. The van der Waals surface area contributed by atoms with Crippen LogP contribution in [0.15, 0.2) is 29.1 Å². The maximum absolute atomic E-state index is 11.8. The molecule has 0 spiro atoms. The molecule has 0 atom stereocenters. The van der Waals surface area contributed by atoms with Crippen LogP contribution in [0.25, 0.3) is 10.9 Å². The smallest absolute Gasteiger partial charge is 0.189 e. The van der Waals surface area contributed by atoms with Gasteiger partial charge < -0.3 is 10.1 Å². The topological polar surface area (TPSA) is 53.1 Å². The van der Waals surface area contributed by atoms with Gasteiger partial charge in [0.05, 0.1) is 5.52 Å². The molecule has 2 rings (SSSR count). The van der Waals surface area contributed by atoms with E-state index >= 15 is 0 Å². The summed E-state index contributed by atoms with van der Waals surface area (Å²) < 4.78 is 0. The molecule has 0 aliphatic carbocycles. The summed E-state index contributed by atoms with van der Waals surface area (Å²) in [7, 11) is 0. The van der Waals surface area contributed by atoms with Crippen LogP contribution < -0.4 is 5.43 Å². The van der Waals surface area contributed by atoms with Crippen molar-refractivity contribution in [3.05, 3.63) is 45.2 Å². The van der Waals surface area contributed by atoms with Gasteiger partial charge in [0, 0.05) is 28.8 Å². The Hall–Kier alpha value is -1.32. The standard InChI is InChI=1S/C13H14ClNO2/c14-9-4-5-11-12(7-9)15-10(8-13(11)17)3-1-2-6-16/h4-5,7-8,16H,1-3,6H2,(H,15,17). The Balaban J connectivity index is 2.36. The molecule has 0 amide bonds. The first kappa shape index (κ1) is 12.1. The molecule has 0 radical (unpaired) electrons. The van der Waals surface area contributed by atoms with E-state index in [1.54, 1.807) is 24.3 Å². The van der Waals surface area contributed by atoms with Crippen molar-refractivity contribution >= 4 is 22.5 Å². The minimum atomic E-state index is 0.00872. The van der Waals surface area contributed by atoms with Crippen molar-refractivity contribution < 1.29 is 5.11 Å². The second kappa shape index (κ2) is 5.34. The minimum Gasteiger partial charge on any atom is -0.396 e. The Morgan fingerprint density at radius 1 is 1.24 bits per heavy atom. The lowest BCUT2D eigenvalue weighted by Gasteiger charge is -2.04. The number of unbranched alkanes of at least 4 members (excludes halogenated alkanes) is 1. The first-order chi connectivity index (χ1) is 8.20. The van der Waals surface area contributed by atoms with E-state index in [0.29, 0.717) is 10.4 Å². The third kappa shape index (κ3) is 2.87. The number of aryl methyl sites for hydroxylation is 1. The van der Waals surface area contributed by atoms with Crippen molar-refractivity contribution in [2.24, 2.45) is 0 Å². The van der Waals surface area contributed by atoms with Gasteiger partial charge in [-0.1, -0.05) is 11.6 Å². The SMILES string of the molecule is O=c1cc(CCCCO)[nH]c2cc(Cl)ccc12. The van der Waals surface area contributed by atoms with E-state index in [9.17, 15) is 4.79 Å². The van der Waals surface area contributed by atoms with Crippen molar-refractivity contribution in [3.63, 3.8) is 0 Å². The quantitative estimate of drug-likeness (QED) is 0.821. The molecular weight excluding hydrogens is 238 g/mol. The van der Waals surface area contributed by atoms with E-state index in [0.717, 1.165) is 30.5 Å². The largest absolute Gasteiger partial charge is 0.396 e. The van der Waals surface area contributed by atoms with E-state index < -0.39 is 0 Å². The third-order valence-electron chi connectivity index (χ3n) is 2.70. The van der Waals surface area contributed by atoms with Gasteiger partial charge in [-0.2, -0.15) is 0 Å². The van der Waals surface area contributed by atoms with E-state index in [4.69, 9.17) is 16.7 Å². The molecule has 2 aromatic rings. The van der Waals surface area contributed by atoms with E-state index in [1.807, 2.05) is 0 Å². The first-order valence-corrected chi connectivity index (χ1v) is 6.01. The number of nitrogens with one attached hydrogen (secondary N) is 1. The number of aliphatic hydroxyl groups is 1.